The summed E-state index contributed by atoms with van der Waals surface area (Å²) in [6.07, 6.45) is 3.35. The van der Waals surface area contributed by atoms with Gasteiger partial charge in [-0.15, -0.1) is 0 Å². The van der Waals surface area contributed by atoms with Crippen molar-refractivity contribution in [2.75, 3.05) is 0 Å². The molecule has 0 radical (unpaired) electrons. The lowest BCUT2D eigenvalue weighted by Crippen LogP contribution is -1.87. The summed E-state index contributed by atoms with van der Waals surface area (Å²) in [5, 5.41) is 0. The minimum atomic E-state index is 0.441. The van der Waals surface area contributed by atoms with Crippen molar-refractivity contribution in [1.29, 1.82) is 0 Å². The first-order chi connectivity index (χ1) is 7.72. The van der Waals surface area contributed by atoms with Gasteiger partial charge in [-0.05, 0) is 30.2 Å². The second-order valence-corrected chi connectivity index (χ2v) is 4.57. The molecule has 0 saturated heterocycles. The molecule has 0 spiro atoms. The number of hydrogen-bond acceptors (Lipinski definition) is 0. The normalized spacial score (nSPS) is 25.7. The fraction of sp³-hybridized carbons (Fsp3) is 0.467. The third-order valence-electron chi connectivity index (χ3n) is 3.17. The SMILES string of the molecule is [2H]/C(=C1/CC1Cc1ccccc1)C(C)CC. The van der Waals surface area contributed by atoms with Gasteiger partial charge in [-0.25, -0.2) is 0 Å². The van der Waals surface area contributed by atoms with Crippen LogP contribution < -0.4 is 0 Å². The van der Waals surface area contributed by atoms with E-state index in [2.05, 4.69) is 44.2 Å². The highest BCUT2D eigenvalue weighted by atomic mass is 14.3. The summed E-state index contributed by atoms with van der Waals surface area (Å²) in [6, 6.07) is 11.5. The van der Waals surface area contributed by atoms with Crippen molar-refractivity contribution in [2.45, 2.75) is 33.1 Å². The van der Waals surface area contributed by atoms with Crippen LogP contribution in [0.2, 0.25) is 0 Å². The van der Waals surface area contributed by atoms with E-state index in [1.54, 1.807) is 0 Å². The molecule has 0 N–H and O–H groups in total. The molecule has 2 rings (SSSR count). The Morgan fingerprint density at radius 2 is 2.20 bits per heavy atom. The topological polar surface area (TPSA) is 0 Å². The van der Waals surface area contributed by atoms with E-state index in [0.29, 0.717) is 11.8 Å². The Labute approximate surface area is 94.4 Å². The van der Waals surface area contributed by atoms with Crippen molar-refractivity contribution in [3.63, 3.8) is 0 Å². The highest BCUT2D eigenvalue weighted by molar-refractivity contribution is 5.28. The van der Waals surface area contributed by atoms with E-state index in [-0.39, 0.29) is 0 Å². The minimum Gasteiger partial charge on any atom is -0.0822 e. The van der Waals surface area contributed by atoms with Crippen molar-refractivity contribution in [3.8, 4) is 0 Å². The molecule has 80 valence electrons. The molecule has 1 saturated carbocycles. The zero-order valence-electron chi connectivity index (χ0n) is 10.7. The van der Waals surface area contributed by atoms with Crippen LogP contribution in [0, 0.1) is 11.8 Å². The third kappa shape index (κ3) is 2.95. The molecular weight excluding hydrogens is 180 g/mol. The van der Waals surface area contributed by atoms with Gasteiger partial charge >= 0.3 is 0 Å². The van der Waals surface area contributed by atoms with E-state index in [1.165, 1.54) is 11.1 Å². The van der Waals surface area contributed by atoms with E-state index < -0.39 is 0 Å². The maximum absolute atomic E-state index is 8.07. The van der Waals surface area contributed by atoms with Gasteiger partial charge in [0.15, 0.2) is 0 Å². The highest BCUT2D eigenvalue weighted by Crippen LogP contribution is 2.41. The summed E-state index contributed by atoms with van der Waals surface area (Å²) in [6.45, 7) is 4.32. The molecule has 1 aliphatic carbocycles. The number of benzene rings is 1. The van der Waals surface area contributed by atoms with Crippen molar-refractivity contribution in [1.82, 2.24) is 0 Å². The number of allylic oxidation sites excluding steroid dienone is 2. The first kappa shape index (κ1) is 9.21. The fourth-order valence-corrected chi connectivity index (χ4v) is 1.90. The van der Waals surface area contributed by atoms with E-state index in [0.717, 1.165) is 25.3 Å². The zero-order valence-corrected chi connectivity index (χ0v) is 9.66. The molecule has 2 unspecified atom stereocenters. The lowest BCUT2D eigenvalue weighted by atomic mass is 10.1. The molecule has 0 aromatic heterocycles. The summed E-state index contributed by atoms with van der Waals surface area (Å²) < 4.78 is 8.07. The van der Waals surface area contributed by atoms with Gasteiger partial charge < -0.3 is 0 Å². The zero-order chi connectivity index (χ0) is 11.5. The molecule has 0 heterocycles. The second-order valence-electron chi connectivity index (χ2n) is 4.57. The third-order valence-corrected chi connectivity index (χ3v) is 3.17. The molecule has 1 aliphatic rings. The smallest absolute Gasteiger partial charge is 0.0578 e. The molecule has 0 heteroatoms. The van der Waals surface area contributed by atoms with Gasteiger partial charge in [-0.3, -0.25) is 0 Å². The van der Waals surface area contributed by atoms with Gasteiger partial charge in [0.05, 0.1) is 1.37 Å². The van der Waals surface area contributed by atoms with Crippen molar-refractivity contribution >= 4 is 0 Å². The molecule has 0 nitrogen and oxygen atoms in total. The predicted molar refractivity (Wildman–Crippen MR) is 65.8 cm³/mol. The summed E-state index contributed by atoms with van der Waals surface area (Å²) in [5.74, 6) is 1.10. The quantitative estimate of drug-likeness (QED) is 0.640. The maximum atomic E-state index is 8.07. The largest absolute Gasteiger partial charge is 0.0822 e. The van der Waals surface area contributed by atoms with E-state index >= 15 is 0 Å². The van der Waals surface area contributed by atoms with Gasteiger partial charge in [0.1, 0.15) is 0 Å². The summed E-state index contributed by atoms with van der Waals surface area (Å²) >= 11 is 0. The highest BCUT2D eigenvalue weighted by Gasteiger charge is 2.29. The fourth-order valence-electron chi connectivity index (χ4n) is 1.90. The molecule has 15 heavy (non-hydrogen) atoms. The standard InChI is InChI=1S/C15H20/c1-3-12(2)9-14-11-15(14)10-13-7-5-4-6-8-13/h4-9,12,15H,3,10-11H2,1-2H3/b14-9+/i9D. The van der Waals surface area contributed by atoms with Crippen LogP contribution in [0.15, 0.2) is 42.0 Å². The van der Waals surface area contributed by atoms with Crippen molar-refractivity contribution in [2.24, 2.45) is 11.8 Å². The molecule has 1 aromatic carbocycles. The number of hydrogen-bond donors (Lipinski definition) is 0. The first-order valence-corrected chi connectivity index (χ1v) is 5.95. The Morgan fingerprint density at radius 3 is 2.87 bits per heavy atom. The molecule has 0 amide bonds. The second kappa shape index (κ2) is 4.65. The summed E-state index contributed by atoms with van der Waals surface area (Å²) in [5.41, 5.74) is 2.80. The lowest BCUT2D eigenvalue weighted by molar-refractivity contribution is 0.694. The Kier molecular flexibility index (Phi) is 2.86. The molecule has 0 bridgehead atoms. The van der Waals surface area contributed by atoms with Crippen LogP contribution in [-0.4, -0.2) is 0 Å². The van der Waals surface area contributed by atoms with Gasteiger partial charge in [0.25, 0.3) is 0 Å². The van der Waals surface area contributed by atoms with Crippen LogP contribution >= 0.6 is 0 Å². The van der Waals surface area contributed by atoms with Crippen LogP contribution in [0.1, 0.15) is 33.6 Å². The average molecular weight is 201 g/mol. The van der Waals surface area contributed by atoms with Crippen molar-refractivity contribution < 1.29 is 1.37 Å². The maximum Gasteiger partial charge on any atom is 0.0578 e. The van der Waals surface area contributed by atoms with Crippen LogP contribution in [0.25, 0.3) is 0 Å². The first-order valence-electron chi connectivity index (χ1n) is 6.45. The monoisotopic (exact) mass is 201 g/mol. The van der Waals surface area contributed by atoms with Crippen LogP contribution in [0.4, 0.5) is 0 Å². The van der Waals surface area contributed by atoms with Gasteiger partial charge in [-0.2, -0.15) is 0 Å². The Bertz CT molecular complexity index is 378. The van der Waals surface area contributed by atoms with E-state index in [9.17, 15) is 0 Å². The van der Waals surface area contributed by atoms with Crippen LogP contribution in [0.5, 0.6) is 0 Å². The number of rotatable bonds is 4. The molecule has 1 fully saturated rings. The summed E-state index contributed by atoms with van der Waals surface area (Å²) in [7, 11) is 0. The minimum absolute atomic E-state index is 0.441. The molecular formula is C15H20. The predicted octanol–water partition coefficient (Wildman–Crippen LogP) is 4.22. The van der Waals surface area contributed by atoms with Crippen molar-refractivity contribution in [3.05, 3.63) is 47.5 Å². The molecule has 2 atom stereocenters. The van der Waals surface area contributed by atoms with Gasteiger partial charge in [0, 0.05) is 0 Å². The van der Waals surface area contributed by atoms with Crippen LogP contribution in [-0.2, 0) is 6.42 Å². The lowest BCUT2D eigenvalue weighted by Gasteiger charge is -1.99. The Balaban J connectivity index is 1.97. The van der Waals surface area contributed by atoms with E-state index in [4.69, 9.17) is 1.37 Å². The van der Waals surface area contributed by atoms with Crippen LogP contribution in [0.3, 0.4) is 0 Å². The molecule has 1 aromatic rings. The van der Waals surface area contributed by atoms with E-state index in [1.807, 2.05) is 0 Å². The van der Waals surface area contributed by atoms with Gasteiger partial charge in [0.2, 0.25) is 0 Å². The summed E-state index contributed by atoms with van der Waals surface area (Å²) in [4.78, 5) is 0. The van der Waals surface area contributed by atoms with Gasteiger partial charge in [-0.1, -0.05) is 62.2 Å². The average Bonchev–Trinajstić information content (AvgIpc) is 3.07. The molecule has 0 aliphatic heterocycles. The Morgan fingerprint density at radius 1 is 1.47 bits per heavy atom. The Hall–Kier alpha value is -1.04.